The zero-order chi connectivity index (χ0) is 21.3. The zero-order valence-corrected chi connectivity index (χ0v) is 17.5. The van der Waals surface area contributed by atoms with Gasteiger partial charge in [-0.2, -0.15) is 0 Å². The SMILES string of the molecule is COc1ccc(-n2cnc3c2NC(=O)C[C@H]3c2ccccc2OC(C)C)c(OC)c1. The molecule has 0 saturated heterocycles. The number of carbonyl (C=O) groups is 1. The Kier molecular flexibility index (Phi) is 5.35. The molecule has 0 bridgehead atoms. The molecular formula is C23H25N3O4. The highest BCUT2D eigenvalue weighted by Gasteiger charge is 2.33. The minimum atomic E-state index is -0.200. The molecule has 1 N–H and O–H groups in total. The number of nitrogens with zero attached hydrogens (tertiary/aromatic N) is 2. The lowest BCUT2D eigenvalue weighted by Crippen LogP contribution is -2.25. The molecule has 30 heavy (non-hydrogen) atoms. The number of aromatic nitrogens is 2. The van der Waals surface area contributed by atoms with E-state index in [1.807, 2.05) is 54.8 Å². The molecule has 2 heterocycles. The number of benzene rings is 2. The summed E-state index contributed by atoms with van der Waals surface area (Å²) in [5.74, 6) is 2.45. The lowest BCUT2D eigenvalue weighted by Gasteiger charge is -2.25. The largest absolute Gasteiger partial charge is 0.497 e. The summed E-state index contributed by atoms with van der Waals surface area (Å²) >= 11 is 0. The molecule has 7 nitrogen and oxygen atoms in total. The Morgan fingerprint density at radius 3 is 2.63 bits per heavy atom. The minimum absolute atomic E-state index is 0.0316. The molecule has 1 atom stereocenters. The van der Waals surface area contributed by atoms with E-state index in [0.717, 1.165) is 22.7 Å². The number of ether oxygens (including phenoxy) is 3. The van der Waals surface area contributed by atoms with Crippen LogP contribution in [0.2, 0.25) is 0 Å². The van der Waals surface area contributed by atoms with Gasteiger partial charge in [-0.05, 0) is 32.0 Å². The Morgan fingerprint density at radius 2 is 1.90 bits per heavy atom. The lowest BCUT2D eigenvalue weighted by molar-refractivity contribution is -0.116. The van der Waals surface area contributed by atoms with Gasteiger partial charge in [0, 0.05) is 24.0 Å². The Morgan fingerprint density at radius 1 is 1.10 bits per heavy atom. The highest BCUT2D eigenvalue weighted by Crippen LogP contribution is 2.42. The molecule has 0 aliphatic carbocycles. The van der Waals surface area contributed by atoms with Gasteiger partial charge in [0.2, 0.25) is 5.91 Å². The normalized spacial score (nSPS) is 15.5. The van der Waals surface area contributed by atoms with Crippen LogP contribution in [0.3, 0.4) is 0 Å². The topological polar surface area (TPSA) is 74.6 Å². The summed E-state index contributed by atoms with van der Waals surface area (Å²) in [6.45, 7) is 3.97. The first-order valence-corrected chi connectivity index (χ1v) is 9.87. The number of methoxy groups -OCH3 is 2. The molecule has 1 aromatic heterocycles. The van der Waals surface area contributed by atoms with Crippen molar-refractivity contribution in [2.45, 2.75) is 32.3 Å². The molecule has 156 valence electrons. The Labute approximate surface area is 175 Å². The van der Waals surface area contributed by atoms with E-state index >= 15 is 0 Å². The van der Waals surface area contributed by atoms with E-state index in [9.17, 15) is 4.79 Å². The third-order valence-corrected chi connectivity index (χ3v) is 5.08. The number of rotatable bonds is 6. The van der Waals surface area contributed by atoms with E-state index in [2.05, 4.69) is 10.3 Å². The molecule has 0 fully saturated rings. The second kappa shape index (κ2) is 8.10. The van der Waals surface area contributed by atoms with Crippen molar-refractivity contribution in [3.63, 3.8) is 0 Å². The fourth-order valence-corrected chi connectivity index (χ4v) is 3.76. The number of amides is 1. The molecule has 4 rings (SSSR count). The molecule has 1 aliphatic heterocycles. The Balaban J connectivity index is 1.81. The Bertz CT molecular complexity index is 1070. The number of imidazole rings is 1. The summed E-state index contributed by atoms with van der Waals surface area (Å²) in [6, 6.07) is 13.4. The maximum atomic E-state index is 12.6. The van der Waals surface area contributed by atoms with Crippen molar-refractivity contribution in [1.29, 1.82) is 0 Å². The second-order valence-electron chi connectivity index (χ2n) is 7.40. The third kappa shape index (κ3) is 3.58. The molecule has 0 radical (unpaired) electrons. The van der Waals surface area contributed by atoms with Crippen molar-refractivity contribution in [2.75, 3.05) is 19.5 Å². The van der Waals surface area contributed by atoms with Crippen LogP contribution in [0.25, 0.3) is 5.69 Å². The smallest absolute Gasteiger partial charge is 0.226 e. The van der Waals surface area contributed by atoms with Crippen LogP contribution in [0.5, 0.6) is 17.2 Å². The molecule has 1 aliphatic rings. The van der Waals surface area contributed by atoms with Crippen LogP contribution in [-0.4, -0.2) is 35.8 Å². The first-order valence-electron chi connectivity index (χ1n) is 9.87. The van der Waals surface area contributed by atoms with Gasteiger partial charge in [0.15, 0.2) is 0 Å². The summed E-state index contributed by atoms with van der Waals surface area (Å²) in [4.78, 5) is 17.3. The van der Waals surface area contributed by atoms with E-state index in [4.69, 9.17) is 14.2 Å². The highest BCUT2D eigenvalue weighted by molar-refractivity contribution is 5.94. The van der Waals surface area contributed by atoms with Gasteiger partial charge < -0.3 is 19.5 Å². The predicted molar refractivity (Wildman–Crippen MR) is 114 cm³/mol. The van der Waals surface area contributed by atoms with Gasteiger partial charge in [0.05, 0.1) is 31.7 Å². The maximum Gasteiger partial charge on any atom is 0.226 e. The molecule has 0 saturated carbocycles. The average Bonchev–Trinajstić information content (AvgIpc) is 3.16. The van der Waals surface area contributed by atoms with Gasteiger partial charge in [0.1, 0.15) is 29.4 Å². The fourth-order valence-electron chi connectivity index (χ4n) is 3.76. The van der Waals surface area contributed by atoms with Crippen LogP contribution < -0.4 is 19.5 Å². The number of anilines is 1. The van der Waals surface area contributed by atoms with Crippen molar-refractivity contribution >= 4 is 11.7 Å². The summed E-state index contributed by atoms with van der Waals surface area (Å²) in [7, 11) is 3.21. The summed E-state index contributed by atoms with van der Waals surface area (Å²) in [5.41, 5.74) is 2.52. The zero-order valence-electron chi connectivity index (χ0n) is 17.5. The van der Waals surface area contributed by atoms with Gasteiger partial charge in [-0.25, -0.2) is 4.98 Å². The molecule has 7 heteroatoms. The monoisotopic (exact) mass is 407 g/mol. The van der Waals surface area contributed by atoms with Crippen molar-refractivity contribution in [1.82, 2.24) is 9.55 Å². The lowest BCUT2D eigenvalue weighted by atomic mass is 9.89. The highest BCUT2D eigenvalue weighted by atomic mass is 16.5. The second-order valence-corrected chi connectivity index (χ2v) is 7.40. The first-order chi connectivity index (χ1) is 14.5. The molecule has 0 spiro atoms. The van der Waals surface area contributed by atoms with Crippen molar-refractivity contribution in [3.8, 4) is 22.9 Å². The standard InChI is InChI=1S/C23H25N3O4/c1-14(2)30-19-8-6-5-7-16(19)17-12-21(27)25-23-22(17)24-13-26(23)18-10-9-15(28-3)11-20(18)29-4/h5-11,13-14,17H,12H2,1-4H3,(H,25,27)/t17-/m0/s1. The molecule has 3 aromatic rings. The van der Waals surface area contributed by atoms with E-state index in [1.54, 1.807) is 26.6 Å². The van der Waals surface area contributed by atoms with Gasteiger partial charge in [-0.15, -0.1) is 0 Å². The van der Waals surface area contributed by atoms with Crippen LogP contribution in [0.1, 0.15) is 37.4 Å². The quantitative estimate of drug-likeness (QED) is 0.664. The van der Waals surface area contributed by atoms with Crippen molar-refractivity contribution in [2.24, 2.45) is 0 Å². The van der Waals surface area contributed by atoms with Gasteiger partial charge >= 0.3 is 0 Å². The van der Waals surface area contributed by atoms with Crippen LogP contribution in [-0.2, 0) is 4.79 Å². The number of hydrogen-bond donors (Lipinski definition) is 1. The number of hydrogen-bond acceptors (Lipinski definition) is 5. The predicted octanol–water partition coefficient (Wildman–Crippen LogP) is 4.15. The minimum Gasteiger partial charge on any atom is -0.497 e. The summed E-state index contributed by atoms with van der Waals surface area (Å²) < 4.78 is 18.7. The molecular weight excluding hydrogens is 382 g/mol. The number of nitrogens with one attached hydrogen (secondary N) is 1. The average molecular weight is 407 g/mol. The van der Waals surface area contributed by atoms with E-state index in [0.29, 0.717) is 23.7 Å². The van der Waals surface area contributed by atoms with Crippen LogP contribution >= 0.6 is 0 Å². The molecule has 2 aromatic carbocycles. The summed E-state index contributed by atoms with van der Waals surface area (Å²) in [5, 5.41) is 2.98. The van der Waals surface area contributed by atoms with Crippen molar-refractivity contribution in [3.05, 3.63) is 60.0 Å². The molecule has 1 amide bonds. The van der Waals surface area contributed by atoms with Gasteiger partial charge in [0.25, 0.3) is 0 Å². The van der Waals surface area contributed by atoms with Crippen molar-refractivity contribution < 1.29 is 19.0 Å². The third-order valence-electron chi connectivity index (χ3n) is 5.08. The number of para-hydroxylation sites is 1. The van der Waals surface area contributed by atoms with Crippen LogP contribution in [0.4, 0.5) is 5.82 Å². The van der Waals surface area contributed by atoms with Gasteiger partial charge in [-0.1, -0.05) is 18.2 Å². The van der Waals surface area contributed by atoms with Crippen LogP contribution in [0, 0.1) is 0 Å². The molecule has 0 unspecified atom stereocenters. The maximum absolute atomic E-state index is 12.6. The first kappa shape index (κ1) is 19.8. The van der Waals surface area contributed by atoms with E-state index < -0.39 is 0 Å². The summed E-state index contributed by atoms with van der Waals surface area (Å²) in [6.07, 6.45) is 2.05. The number of fused-ring (bicyclic) bond motifs is 1. The Hall–Kier alpha value is -3.48. The number of carbonyl (C=O) groups excluding carboxylic acids is 1. The van der Waals surface area contributed by atoms with Gasteiger partial charge in [-0.3, -0.25) is 9.36 Å². The fraction of sp³-hybridized carbons (Fsp3) is 0.304. The van der Waals surface area contributed by atoms with E-state index in [-0.39, 0.29) is 17.9 Å². The van der Waals surface area contributed by atoms with E-state index in [1.165, 1.54) is 0 Å². The van der Waals surface area contributed by atoms with Crippen LogP contribution in [0.15, 0.2) is 48.8 Å².